The third-order valence-corrected chi connectivity index (χ3v) is 4.47. The van der Waals surface area contributed by atoms with Crippen LogP contribution in [-0.4, -0.2) is 84.6 Å². The highest BCUT2D eigenvalue weighted by Crippen LogP contribution is 2.13. The van der Waals surface area contributed by atoms with Gasteiger partial charge in [0, 0.05) is 44.3 Å². The smallest absolute Gasteiger partial charge is 0.251 e. The molecule has 1 saturated heterocycles. The second kappa shape index (κ2) is 10.0. The first kappa shape index (κ1) is 20.0. The van der Waals surface area contributed by atoms with E-state index >= 15 is 0 Å². The third-order valence-electron chi connectivity index (χ3n) is 4.22. The highest BCUT2D eigenvalue weighted by Gasteiger charge is 2.23. The Balaban J connectivity index is 1.78. The van der Waals surface area contributed by atoms with Crippen LogP contribution in [0.2, 0.25) is 5.02 Å². The number of halogens is 3. The Hall–Kier alpha value is -1.28. The van der Waals surface area contributed by atoms with Crippen LogP contribution in [0.4, 0.5) is 8.78 Å². The monoisotopic (exact) mass is 375 g/mol. The number of rotatable bonds is 8. The van der Waals surface area contributed by atoms with Gasteiger partial charge in [0.05, 0.1) is 19.7 Å². The van der Waals surface area contributed by atoms with Gasteiger partial charge in [-0.2, -0.15) is 0 Å². The van der Waals surface area contributed by atoms with Gasteiger partial charge in [-0.1, -0.05) is 23.7 Å². The van der Waals surface area contributed by atoms with Crippen molar-refractivity contribution in [2.24, 2.45) is 0 Å². The molecule has 0 atom stereocenters. The van der Waals surface area contributed by atoms with Crippen molar-refractivity contribution in [1.82, 2.24) is 14.7 Å². The molecule has 1 aromatic rings. The molecule has 0 unspecified atom stereocenters. The number of carbonyl (C=O) groups is 1. The third kappa shape index (κ3) is 6.86. The van der Waals surface area contributed by atoms with Crippen LogP contribution >= 0.6 is 11.6 Å². The molecular weight excluding hydrogens is 352 g/mol. The highest BCUT2D eigenvalue weighted by atomic mass is 35.5. The van der Waals surface area contributed by atoms with Crippen LogP contribution in [0, 0.1) is 0 Å². The summed E-state index contributed by atoms with van der Waals surface area (Å²) in [6, 6.07) is 7.68. The first-order valence-electron chi connectivity index (χ1n) is 8.34. The van der Waals surface area contributed by atoms with E-state index in [9.17, 15) is 13.6 Å². The molecule has 1 aliphatic heterocycles. The Morgan fingerprint density at radius 1 is 1.20 bits per heavy atom. The zero-order chi connectivity index (χ0) is 18.2. The number of alkyl halides is 2. The Bertz CT molecular complexity index is 537. The molecule has 1 N–H and O–H groups in total. The molecule has 0 aliphatic carbocycles. The predicted molar refractivity (Wildman–Crippen MR) is 92.8 cm³/mol. The number of aliphatic hydroxyl groups is 1. The molecule has 1 aromatic carbocycles. The molecule has 1 fully saturated rings. The van der Waals surface area contributed by atoms with Crippen LogP contribution in [0.3, 0.4) is 0 Å². The summed E-state index contributed by atoms with van der Waals surface area (Å²) in [5, 5.41) is 9.64. The number of amides is 1. The summed E-state index contributed by atoms with van der Waals surface area (Å²) >= 11 is 5.88. The SMILES string of the molecule is O=C(CN(CCO)CC(F)F)N1CCN(Cc2ccc(Cl)cc2)CC1. The quantitative estimate of drug-likeness (QED) is 0.749. The van der Waals surface area contributed by atoms with E-state index in [1.807, 2.05) is 24.3 Å². The van der Waals surface area contributed by atoms with Crippen LogP contribution < -0.4 is 0 Å². The molecule has 2 rings (SSSR count). The Labute approximate surface area is 151 Å². The van der Waals surface area contributed by atoms with Crippen molar-refractivity contribution in [2.45, 2.75) is 13.0 Å². The molecule has 0 spiro atoms. The van der Waals surface area contributed by atoms with E-state index in [1.54, 1.807) is 4.90 Å². The predicted octanol–water partition coefficient (Wildman–Crippen LogP) is 1.54. The van der Waals surface area contributed by atoms with Crippen molar-refractivity contribution < 1.29 is 18.7 Å². The molecule has 0 saturated carbocycles. The number of hydrogen-bond donors (Lipinski definition) is 1. The van der Waals surface area contributed by atoms with E-state index in [0.29, 0.717) is 18.1 Å². The minimum Gasteiger partial charge on any atom is -0.395 e. The maximum absolute atomic E-state index is 12.5. The standard InChI is InChI=1S/C17H24ClF2N3O2/c18-15-3-1-14(2-4-15)11-21-5-7-23(8-6-21)17(25)13-22(9-10-24)12-16(19)20/h1-4,16,24H,5-13H2. The molecule has 0 radical (unpaired) electrons. The lowest BCUT2D eigenvalue weighted by Crippen LogP contribution is -2.51. The first-order valence-corrected chi connectivity index (χ1v) is 8.71. The fraction of sp³-hybridized carbons (Fsp3) is 0.588. The fourth-order valence-electron chi connectivity index (χ4n) is 2.87. The number of piperazine rings is 1. The van der Waals surface area contributed by atoms with Gasteiger partial charge in [0.2, 0.25) is 5.91 Å². The largest absolute Gasteiger partial charge is 0.395 e. The molecule has 5 nitrogen and oxygen atoms in total. The molecule has 0 aromatic heterocycles. The molecule has 1 amide bonds. The van der Waals surface area contributed by atoms with Crippen molar-refractivity contribution in [3.8, 4) is 0 Å². The topological polar surface area (TPSA) is 47.0 Å². The van der Waals surface area contributed by atoms with Crippen LogP contribution in [0.25, 0.3) is 0 Å². The Morgan fingerprint density at radius 2 is 1.84 bits per heavy atom. The molecule has 8 heteroatoms. The van der Waals surface area contributed by atoms with Gasteiger partial charge in [-0.25, -0.2) is 8.78 Å². The Morgan fingerprint density at radius 3 is 2.40 bits per heavy atom. The van der Waals surface area contributed by atoms with Crippen molar-refractivity contribution >= 4 is 17.5 Å². The summed E-state index contributed by atoms with van der Waals surface area (Å²) in [5.74, 6) is -0.166. The van der Waals surface area contributed by atoms with Crippen LogP contribution in [0.5, 0.6) is 0 Å². The van der Waals surface area contributed by atoms with Crippen LogP contribution in [0.1, 0.15) is 5.56 Å². The van der Waals surface area contributed by atoms with Crippen molar-refractivity contribution in [3.63, 3.8) is 0 Å². The minimum atomic E-state index is -2.52. The van der Waals surface area contributed by atoms with Crippen molar-refractivity contribution in [2.75, 3.05) is 52.4 Å². The normalized spacial score (nSPS) is 16.0. The number of benzene rings is 1. The summed E-state index contributed by atoms with van der Waals surface area (Å²) < 4.78 is 25.0. The summed E-state index contributed by atoms with van der Waals surface area (Å²) in [6.07, 6.45) is -2.52. The average Bonchev–Trinajstić information content (AvgIpc) is 2.57. The number of hydrogen-bond acceptors (Lipinski definition) is 4. The first-order chi connectivity index (χ1) is 12.0. The van der Waals surface area contributed by atoms with Gasteiger partial charge >= 0.3 is 0 Å². The highest BCUT2D eigenvalue weighted by molar-refractivity contribution is 6.30. The van der Waals surface area contributed by atoms with Gasteiger partial charge in [-0.05, 0) is 17.7 Å². The minimum absolute atomic E-state index is 0.0760. The second-order valence-corrected chi connectivity index (χ2v) is 6.57. The maximum atomic E-state index is 12.5. The molecule has 0 bridgehead atoms. The lowest BCUT2D eigenvalue weighted by molar-refractivity contribution is -0.134. The molecule has 25 heavy (non-hydrogen) atoms. The van der Waals surface area contributed by atoms with E-state index in [0.717, 1.165) is 25.2 Å². The van der Waals surface area contributed by atoms with Gasteiger partial charge < -0.3 is 10.0 Å². The van der Waals surface area contributed by atoms with Gasteiger partial charge in [-0.3, -0.25) is 14.6 Å². The Kier molecular flexibility index (Phi) is 8.02. The molecule has 1 heterocycles. The second-order valence-electron chi connectivity index (χ2n) is 6.13. The lowest BCUT2D eigenvalue weighted by Gasteiger charge is -2.35. The van der Waals surface area contributed by atoms with Crippen LogP contribution in [-0.2, 0) is 11.3 Å². The zero-order valence-corrected chi connectivity index (χ0v) is 14.8. The van der Waals surface area contributed by atoms with Gasteiger partial charge in [0.25, 0.3) is 6.43 Å². The van der Waals surface area contributed by atoms with E-state index in [-0.39, 0.29) is 25.6 Å². The fourth-order valence-corrected chi connectivity index (χ4v) is 2.99. The zero-order valence-electron chi connectivity index (χ0n) is 14.1. The molecular formula is C17H24ClF2N3O2. The summed E-state index contributed by atoms with van der Waals surface area (Å²) in [5.41, 5.74) is 1.16. The van der Waals surface area contributed by atoms with Gasteiger partial charge in [0.15, 0.2) is 0 Å². The number of nitrogens with zero attached hydrogens (tertiary/aromatic N) is 3. The van der Waals surface area contributed by atoms with Crippen molar-refractivity contribution in [1.29, 1.82) is 0 Å². The van der Waals surface area contributed by atoms with E-state index in [1.165, 1.54) is 4.90 Å². The van der Waals surface area contributed by atoms with E-state index in [2.05, 4.69) is 4.90 Å². The van der Waals surface area contributed by atoms with Crippen molar-refractivity contribution in [3.05, 3.63) is 34.9 Å². The average molecular weight is 376 g/mol. The van der Waals surface area contributed by atoms with Crippen LogP contribution in [0.15, 0.2) is 24.3 Å². The maximum Gasteiger partial charge on any atom is 0.251 e. The van der Waals surface area contributed by atoms with E-state index in [4.69, 9.17) is 16.7 Å². The molecule has 1 aliphatic rings. The number of carbonyl (C=O) groups excluding carboxylic acids is 1. The number of aliphatic hydroxyl groups excluding tert-OH is 1. The summed E-state index contributed by atoms with van der Waals surface area (Å²) in [7, 11) is 0. The van der Waals surface area contributed by atoms with Gasteiger partial charge in [-0.15, -0.1) is 0 Å². The van der Waals surface area contributed by atoms with Gasteiger partial charge in [0.1, 0.15) is 0 Å². The molecule has 140 valence electrons. The lowest BCUT2D eigenvalue weighted by atomic mass is 10.2. The summed E-state index contributed by atoms with van der Waals surface area (Å²) in [6.45, 7) is 2.68. The van der Waals surface area contributed by atoms with E-state index < -0.39 is 13.0 Å². The summed E-state index contributed by atoms with van der Waals surface area (Å²) in [4.78, 5) is 17.5.